The van der Waals surface area contributed by atoms with Crippen molar-refractivity contribution in [3.63, 3.8) is 0 Å². The highest BCUT2D eigenvalue weighted by atomic mass is 35.5. The molecule has 22 heavy (non-hydrogen) atoms. The number of β-amino-alcohol motifs (C(OH)–C–C–N with tert-alkyl or cyclic N) is 1. The molecule has 2 saturated heterocycles. The number of ether oxygens (including phenoxy) is 2. The smallest absolute Gasteiger partial charge is 0.124 e. The number of hydrogen-bond acceptors (Lipinski definition) is 4. The molecule has 0 saturated carbocycles. The van der Waals surface area contributed by atoms with E-state index in [2.05, 4.69) is 4.90 Å². The minimum atomic E-state index is -0.218. The summed E-state index contributed by atoms with van der Waals surface area (Å²) in [7, 11) is 0. The Labute approximate surface area is 137 Å². The van der Waals surface area contributed by atoms with Gasteiger partial charge < -0.3 is 14.6 Å². The Morgan fingerprint density at radius 2 is 2.23 bits per heavy atom. The zero-order valence-corrected chi connectivity index (χ0v) is 13.6. The van der Waals surface area contributed by atoms with Gasteiger partial charge in [0.05, 0.1) is 12.2 Å². The van der Waals surface area contributed by atoms with Crippen LogP contribution in [0.4, 0.5) is 0 Å². The van der Waals surface area contributed by atoms with Crippen LogP contribution in [0.2, 0.25) is 5.02 Å². The van der Waals surface area contributed by atoms with Crippen LogP contribution in [0.15, 0.2) is 18.2 Å². The van der Waals surface area contributed by atoms with E-state index in [1.807, 2.05) is 18.2 Å². The predicted octanol–water partition coefficient (Wildman–Crippen LogP) is 2.85. The second-order valence-corrected chi connectivity index (χ2v) is 6.67. The molecule has 1 aromatic carbocycles. The lowest BCUT2D eigenvalue weighted by Gasteiger charge is -2.30. The Morgan fingerprint density at radius 3 is 3.00 bits per heavy atom. The van der Waals surface area contributed by atoms with Gasteiger partial charge in [0.25, 0.3) is 0 Å². The first-order chi connectivity index (χ1) is 10.7. The predicted molar refractivity (Wildman–Crippen MR) is 86.4 cm³/mol. The van der Waals surface area contributed by atoms with Crippen LogP contribution in [0.1, 0.15) is 31.2 Å². The zero-order valence-electron chi connectivity index (χ0n) is 12.8. The monoisotopic (exact) mass is 325 g/mol. The van der Waals surface area contributed by atoms with Crippen molar-refractivity contribution >= 4 is 11.6 Å². The first-order valence-electron chi connectivity index (χ1n) is 8.14. The highest BCUT2D eigenvalue weighted by molar-refractivity contribution is 6.30. The van der Waals surface area contributed by atoms with Gasteiger partial charge in [-0.05, 0) is 50.4 Å². The SMILES string of the molecule is OC1CCCN(Cc2cc(Cl)ccc2OCC2CCCO2)C1. The molecule has 2 fully saturated rings. The van der Waals surface area contributed by atoms with E-state index in [0.29, 0.717) is 6.61 Å². The Bertz CT molecular complexity index is 491. The molecule has 2 aliphatic heterocycles. The molecule has 4 nitrogen and oxygen atoms in total. The third-order valence-corrected chi connectivity index (χ3v) is 4.58. The number of hydrogen-bond donors (Lipinski definition) is 1. The van der Waals surface area contributed by atoms with Gasteiger partial charge in [-0.1, -0.05) is 11.6 Å². The molecule has 2 atom stereocenters. The number of likely N-dealkylation sites (tertiary alicyclic amines) is 1. The van der Waals surface area contributed by atoms with Gasteiger partial charge in [0.1, 0.15) is 12.4 Å². The van der Waals surface area contributed by atoms with Crippen LogP contribution in [0.3, 0.4) is 0 Å². The molecular weight excluding hydrogens is 302 g/mol. The molecule has 2 aliphatic rings. The largest absolute Gasteiger partial charge is 0.491 e. The number of aliphatic hydroxyl groups is 1. The first kappa shape index (κ1) is 16.1. The summed E-state index contributed by atoms with van der Waals surface area (Å²) in [4.78, 5) is 2.26. The second-order valence-electron chi connectivity index (χ2n) is 6.23. The lowest BCUT2D eigenvalue weighted by molar-refractivity contribution is 0.0616. The maximum Gasteiger partial charge on any atom is 0.124 e. The van der Waals surface area contributed by atoms with Crippen LogP contribution in [0, 0.1) is 0 Å². The number of nitrogens with zero attached hydrogens (tertiary/aromatic N) is 1. The van der Waals surface area contributed by atoms with Gasteiger partial charge >= 0.3 is 0 Å². The first-order valence-corrected chi connectivity index (χ1v) is 8.52. The van der Waals surface area contributed by atoms with Crippen molar-refractivity contribution in [2.24, 2.45) is 0 Å². The summed E-state index contributed by atoms with van der Waals surface area (Å²) >= 11 is 6.14. The minimum Gasteiger partial charge on any atom is -0.491 e. The number of aliphatic hydroxyl groups excluding tert-OH is 1. The fourth-order valence-electron chi connectivity index (χ4n) is 3.19. The van der Waals surface area contributed by atoms with Gasteiger partial charge in [0.2, 0.25) is 0 Å². The molecule has 0 radical (unpaired) electrons. The lowest BCUT2D eigenvalue weighted by Crippen LogP contribution is -2.37. The summed E-state index contributed by atoms with van der Waals surface area (Å²) in [5.41, 5.74) is 1.08. The number of benzene rings is 1. The van der Waals surface area contributed by atoms with E-state index in [-0.39, 0.29) is 12.2 Å². The van der Waals surface area contributed by atoms with E-state index >= 15 is 0 Å². The van der Waals surface area contributed by atoms with Gasteiger partial charge in [-0.15, -0.1) is 0 Å². The van der Waals surface area contributed by atoms with Crippen molar-refractivity contribution in [1.82, 2.24) is 4.90 Å². The zero-order chi connectivity index (χ0) is 15.4. The fraction of sp³-hybridized carbons (Fsp3) is 0.647. The fourth-order valence-corrected chi connectivity index (χ4v) is 3.38. The molecule has 0 amide bonds. The molecule has 0 bridgehead atoms. The third-order valence-electron chi connectivity index (χ3n) is 4.35. The van der Waals surface area contributed by atoms with Crippen molar-refractivity contribution < 1.29 is 14.6 Å². The maximum absolute atomic E-state index is 9.81. The highest BCUT2D eigenvalue weighted by Crippen LogP contribution is 2.26. The quantitative estimate of drug-likeness (QED) is 0.904. The molecule has 1 N–H and O–H groups in total. The summed E-state index contributed by atoms with van der Waals surface area (Å²) in [6, 6.07) is 5.77. The van der Waals surface area contributed by atoms with E-state index in [1.54, 1.807) is 0 Å². The van der Waals surface area contributed by atoms with Crippen LogP contribution in [0.25, 0.3) is 0 Å². The van der Waals surface area contributed by atoms with Crippen molar-refractivity contribution in [3.8, 4) is 5.75 Å². The average Bonchev–Trinajstić information content (AvgIpc) is 3.00. The summed E-state index contributed by atoms with van der Waals surface area (Å²) in [6.07, 6.45) is 4.11. The number of rotatable bonds is 5. The maximum atomic E-state index is 9.81. The summed E-state index contributed by atoms with van der Waals surface area (Å²) < 4.78 is 11.6. The highest BCUT2D eigenvalue weighted by Gasteiger charge is 2.20. The third kappa shape index (κ3) is 4.35. The molecule has 0 aromatic heterocycles. The molecule has 2 heterocycles. The van der Waals surface area contributed by atoms with Crippen LogP contribution in [0.5, 0.6) is 5.75 Å². The molecule has 1 aromatic rings. The van der Waals surface area contributed by atoms with E-state index < -0.39 is 0 Å². The topological polar surface area (TPSA) is 41.9 Å². The number of halogens is 1. The Balaban J connectivity index is 1.64. The van der Waals surface area contributed by atoms with E-state index in [4.69, 9.17) is 21.1 Å². The van der Waals surface area contributed by atoms with E-state index in [1.165, 1.54) is 0 Å². The number of piperidine rings is 1. The van der Waals surface area contributed by atoms with Crippen LogP contribution in [-0.2, 0) is 11.3 Å². The molecule has 0 spiro atoms. The molecule has 3 rings (SSSR count). The van der Waals surface area contributed by atoms with Crippen molar-refractivity contribution in [3.05, 3.63) is 28.8 Å². The van der Waals surface area contributed by atoms with Gasteiger partial charge in [-0.3, -0.25) is 4.90 Å². The van der Waals surface area contributed by atoms with Gasteiger partial charge in [0.15, 0.2) is 0 Å². The lowest BCUT2D eigenvalue weighted by atomic mass is 10.1. The Kier molecular flexibility index (Phi) is 5.58. The van der Waals surface area contributed by atoms with Crippen LogP contribution < -0.4 is 4.74 Å². The molecular formula is C17H24ClNO3. The molecule has 122 valence electrons. The molecule has 5 heteroatoms. The Hall–Kier alpha value is -0.810. The molecule has 2 unspecified atom stereocenters. The average molecular weight is 326 g/mol. The summed E-state index contributed by atoms with van der Waals surface area (Å²) in [5, 5.41) is 10.5. The van der Waals surface area contributed by atoms with Crippen LogP contribution in [-0.4, -0.2) is 48.5 Å². The second kappa shape index (κ2) is 7.64. The van der Waals surface area contributed by atoms with Gasteiger partial charge in [0, 0.05) is 30.3 Å². The minimum absolute atomic E-state index is 0.209. The Morgan fingerprint density at radius 1 is 1.32 bits per heavy atom. The molecule has 0 aliphatic carbocycles. The summed E-state index contributed by atoms with van der Waals surface area (Å²) in [5.74, 6) is 0.875. The van der Waals surface area contributed by atoms with Gasteiger partial charge in [-0.25, -0.2) is 0 Å². The van der Waals surface area contributed by atoms with Crippen molar-refractivity contribution in [1.29, 1.82) is 0 Å². The van der Waals surface area contributed by atoms with E-state index in [0.717, 1.165) is 68.3 Å². The van der Waals surface area contributed by atoms with Crippen LogP contribution >= 0.6 is 11.6 Å². The standard InChI is InChI=1S/C17H24ClNO3/c18-14-5-6-17(22-12-16-4-2-8-21-16)13(9-14)10-19-7-1-3-15(20)11-19/h5-6,9,15-16,20H,1-4,7-8,10-12H2. The van der Waals surface area contributed by atoms with Crippen molar-refractivity contribution in [2.45, 2.75) is 44.4 Å². The van der Waals surface area contributed by atoms with E-state index in [9.17, 15) is 5.11 Å². The summed E-state index contributed by atoms with van der Waals surface area (Å²) in [6.45, 7) is 3.93. The van der Waals surface area contributed by atoms with Crippen molar-refractivity contribution in [2.75, 3.05) is 26.3 Å². The van der Waals surface area contributed by atoms with Gasteiger partial charge in [-0.2, -0.15) is 0 Å². The normalized spacial score (nSPS) is 26.3.